The Hall–Kier alpha value is -1.09. The molecule has 106 valence electrons. The van der Waals surface area contributed by atoms with Gasteiger partial charge in [-0.2, -0.15) is 0 Å². The van der Waals surface area contributed by atoms with Gasteiger partial charge in [0.1, 0.15) is 5.82 Å². The van der Waals surface area contributed by atoms with Crippen molar-refractivity contribution in [2.75, 3.05) is 25.0 Å². The monoisotopic (exact) mass is 261 g/mol. The molecule has 0 atom stereocenters. The lowest BCUT2D eigenvalue weighted by molar-refractivity contribution is 0.377. The molecule has 0 amide bonds. The highest BCUT2D eigenvalue weighted by Crippen LogP contribution is 2.25. The Morgan fingerprint density at radius 1 is 1.32 bits per heavy atom. The van der Waals surface area contributed by atoms with Crippen molar-refractivity contribution in [1.29, 1.82) is 0 Å². The summed E-state index contributed by atoms with van der Waals surface area (Å²) in [5.41, 5.74) is 2.46. The number of nitrogens with zero attached hydrogens (tertiary/aromatic N) is 2. The molecular formula is C16H27N3. The van der Waals surface area contributed by atoms with Crippen molar-refractivity contribution in [2.24, 2.45) is 5.92 Å². The molecule has 0 spiro atoms. The second-order valence-electron chi connectivity index (χ2n) is 5.72. The van der Waals surface area contributed by atoms with Crippen LogP contribution < -0.4 is 10.2 Å². The Labute approximate surface area is 117 Å². The fraction of sp³-hybridized carbons (Fsp3) is 0.688. The average Bonchev–Trinajstić information content (AvgIpc) is 2.40. The summed E-state index contributed by atoms with van der Waals surface area (Å²) in [5.74, 6) is 2.10. The van der Waals surface area contributed by atoms with E-state index in [0.29, 0.717) is 0 Å². The summed E-state index contributed by atoms with van der Waals surface area (Å²) in [7, 11) is 1.99. The summed E-state index contributed by atoms with van der Waals surface area (Å²) in [6.45, 7) is 7.63. The maximum atomic E-state index is 4.71. The topological polar surface area (TPSA) is 28.2 Å². The van der Waals surface area contributed by atoms with Gasteiger partial charge >= 0.3 is 0 Å². The molecule has 0 saturated carbocycles. The number of anilines is 1. The molecule has 0 radical (unpaired) electrons. The second-order valence-corrected chi connectivity index (χ2v) is 5.72. The first-order valence-electron chi connectivity index (χ1n) is 7.60. The number of hydrogen-bond acceptors (Lipinski definition) is 3. The zero-order valence-electron chi connectivity index (χ0n) is 12.6. The van der Waals surface area contributed by atoms with Crippen molar-refractivity contribution >= 4 is 5.82 Å². The molecule has 1 saturated heterocycles. The lowest BCUT2D eigenvalue weighted by Gasteiger charge is -2.33. The second kappa shape index (κ2) is 6.90. The number of aromatic nitrogens is 1. The first-order valence-corrected chi connectivity index (χ1v) is 7.60. The smallest absolute Gasteiger partial charge is 0.129 e. The van der Waals surface area contributed by atoms with Crippen molar-refractivity contribution in [1.82, 2.24) is 10.3 Å². The van der Waals surface area contributed by atoms with Gasteiger partial charge in [-0.3, -0.25) is 0 Å². The van der Waals surface area contributed by atoms with E-state index in [9.17, 15) is 0 Å². The van der Waals surface area contributed by atoms with Crippen molar-refractivity contribution in [3.05, 3.63) is 23.4 Å². The largest absolute Gasteiger partial charge is 0.357 e. The molecule has 1 N–H and O–H groups in total. The number of piperidine rings is 1. The molecule has 1 aliphatic rings. The van der Waals surface area contributed by atoms with Gasteiger partial charge in [-0.05, 0) is 50.4 Å². The lowest BCUT2D eigenvalue weighted by Crippen LogP contribution is -2.34. The van der Waals surface area contributed by atoms with Crippen LogP contribution in [0.2, 0.25) is 0 Å². The van der Waals surface area contributed by atoms with Crippen LogP contribution in [0.15, 0.2) is 12.1 Å². The molecule has 0 aromatic carbocycles. The van der Waals surface area contributed by atoms with Gasteiger partial charge in [0.25, 0.3) is 0 Å². The minimum absolute atomic E-state index is 0.919. The third-order valence-corrected chi connectivity index (χ3v) is 4.02. The van der Waals surface area contributed by atoms with Gasteiger partial charge in [0.05, 0.1) is 0 Å². The highest BCUT2D eigenvalue weighted by Gasteiger charge is 2.19. The van der Waals surface area contributed by atoms with Gasteiger partial charge < -0.3 is 10.2 Å². The first-order chi connectivity index (χ1) is 9.22. The third kappa shape index (κ3) is 3.93. The molecule has 1 aromatic rings. The van der Waals surface area contributed by atoms with E-state index in [4.69, 9.17) is 4.98 Å². The van der Waals surface area contributed by atoms with Crippen LogP contribution in [-0.2, 0) is 6.54 Å². The van der Waals surface area contributed by atoms with Gasteiger partial charge in [0.2, 0.25) is 0 Å². The van der Waals surface area contributed by atoms with E-state index < -0.39 is 0 Å². The van der Waals surface area contributed by atoms with E-state index in [1.54, 1.807) is 0 Å². The van der Waals surface area contributed by atoms with E-state index >= 15 is 0 Å². The van der Waals surface area contributed by atoms with Gasteiger partial charge in [0, 0.05) is 25.3 Å². The number of pyridine rings is 1. The zero-order chi connectivity index (χ0) is 13.7. The summed E-state index contributed by atoms with van der Waals surface area (Å²) >= 11 is 0. The molecule has 3 heteroatoms. The predicted octanol–water partition coefficient (Wildman–Crippen LogP) is 3.13. The number of hydrogen-bond donors (Lipinski definition) is 1. The summed E-state index contributed by atoms with van der Waals surface area (Å²) in [4.78, 5) is 7.17. The van der Waals surface area contributed by atoms with Gasteiger partial charge in [-0.25, -0.2) is 4.98 Å². The predicted molar refractivity (Wildman–Crippen MR) is 81.6 cm³/mol. The van der Waals surface area contributed by atoms with E-state index in [2.05, 4.69) is 36.2 Å². The number of rotatable bonds is 5. The van der Waals surface area contributed by atoms with Crippen molar-refractivity contribution in [3.8, 4) is 0 Å². The van der Waals surface area contributed by atoms with Gasteiger partial charge in [-0.1, -0.05) is 19.8 Å². The maximum absolute atomic E-state index is 4.71. The Balaban J connectivity index is 2.02. The number of nitrogens with one attached hydrogen (secondary N) is 1. The van der Waals surface area contributed by atoms with Crippen LogP contribution in [0.1, 0.15) is 43.9 Å². The van der Waals surface area contributed by atoms with Crippen molar-refractivity contribution in [2.45, 2.75) is 46.1 Å². The normalized spacial score (nSPS) is 16.9. The van der Waals surface area contributed by atoms with Crippen LogP contribution in [0.3, 0.4) is 0 Å². The Morgan fingerprint density at radius 3 is 2.68 bits per heavy atom. The molecule has 3 nitrogen and oxygen atoms in total. The first kappa shape index (κ1) is 14.3. The minimum Gasteiger partial charge on any atom is -0.357 e. The lowest BCUT2D eigenvalue weighted by atomic mass is 9.92. The molecule has 1 fully saturated rings. The van der Waals surface area contributed by atoms with Crippen LogP contribution in [0.4, 0.5) is 5.82 Å². The summed E-state index contributed by atoms with van der Waals surface area (Å²) in [6.07, 6.45) is 5.36. The molecular weight excluding hydrogens is 234 g/mol. The quantitative estimate of drug-likeness (QED) is 0.882. The average molecular weight is 261 g/mol. The standard InChI is InChI=1S/C16H27N3/c1-4-5-14-6-8-19(9-7-14)16-11-15(12-17-3)10-13(2)18-16/h10-11,14,17H,4-9,12H2,1-3H3. The molecule has 1 aliphatic heterocycles. The highest BCUT2D eigenvalue weighted by atomic mass is 15.2. The third-order valence-electron chi connectivity index (χ3n) is 4.02. The van der Waals surface area contributed by atoms with Gasteiger partial charge in [0.15, 0.2) is 0 Å². The maximum Gasteiger partial charge on any atom is 0.129 e. The van der Waals surface area contributed by atoms with Crippen molar-refractivity contribution in [3.63, 3.8) is 0 Å². The fourth-order valence-corrected chi connectivity index (χ4v) is 3.05. The highest BCUT2D eigenvalue weighted by molar-refractivity contribution is 5.43. The molecule has 0 bridgehead atoms. The van der Waals surface area contributed by atoms with E-state index in [1.807, 2.05) is 7.05 Å². The van der Waals surface area contributed by atoms with Crippen LogP contribution in [0.5, 0.6) is 0 Å². The van der Waals surface area contributed by atoms with Crippen LogP contribution in [-0.4, -0.2) is 25.1 Å². The molecule has 19 heavy (non-hydrogen) atoms. The summed E-state index contributed by atoms with van der Waals surface area (Å²) < 4.78 is 0. The van der Waals surface area contributed by atoms with E-state index in [1.165, 1.54) is 50.2 Å². The zero-order valence-corrected chi connectivity index (χ0v) is 12.6. The van der Waals surface area contributed by atoms with Crippen LogP contribution in [0.25, 0.3) is 0 Å². The molecule has 2 rings (SSSR count). The van der Waals surface area contributed by atoms with Crippen LogP contribution >= 0.6 is 0 Å². The van der Waals surface area contributed by atoms with E-state index in [0.717, 1.165) is 18.2 Å². The SMILES string of the molecule is CCCC1CCN(c2cc(CNC)cc(C)n2)CC1. The van der Waals surface area contributed by atoms with Crippen LogP contribution in [0, 0.1) is 12.8 Å². The Morgan fingerprint density at radius 2 is 2.05 bits per heavy atom. The summed E-state index contributed by atoms with van der Waals surface area (Å²) in [6, 6.07) is 4.41. The Kier molecular flexibility index (Phi) is 5.20. The molecule has 0 unspecified atom stereocenters. The molecule has 1 aromatic heterocycles. The Bertz CT molecular complexity index is 395. The molecule has 2 heterocycles. The minimum atomic E-state index is 0.919. The summed E-state index contributed by atoms with van der Waals surface area (Å²) in [5, 5.41) is 3.22. The fourth-order valence-electron chi connectivity index (χ4n) is 3.05. The van der Waals surface area contributed by atoms with Crippen molar-refractivity contribution < 1.29 is 0 Å². The van der Waals surface area contributed by atoms with E-state index in [-0.39, 0.29) is 0 Å². The van der Waals surface area contributed by atoms with Gasteiger partial charge in [-0.15, -0.1) is 0 Å². The molecule has 0 aliphatic carbocycles. The number of aryl methyl sites for hydroxylation is 1.